The topological polar surface area (TPSA) is 91.6 Å². The van der Waals surface area contributed by atoms with Gasteiger partial charge in [-0.3, -0.25) is 0 Å². The maximum Gasteiger partial charge on any atom is 0.138 e. The van der Waals surface area contributed by atoms with E-state index < -0.39 is 6.10 Å². The second kappa shape index (κ2) is 11.7. The molecule has 0 spiro atoms. The van der Waals surface area contributed by atoms with Crippen molar-refractivity contribution in [2.75, 3.05) is 25.5 Å². The zero-order valence-electron chi connectivity index (χ0n) is 20.3. The Morgan fingerprint density at radius 1 is 1.03 bits per heavy atom. The number of aryl methyl sites for hydroxylation is 1. The number of nitrogens with zero attached hydrogens (tertiary/aromatic N) is 2. The van der Waals surface area contributed by atoms with E-state index in [1.54, 1.807) is 25.3 Å². The van der Waals surface area contributed by atoms with E-state index in [0.29, 0.717) is 24.7 Å². The molecule has 3 aromatic carbocycles. The quantitative estimate of drug-likeness (QED) is 0.222. The first-order valence-electron chi connectivity index (χ1n) is 12.0. The number of rotatable bonds is 12. The predicted molar refractivity (Wildman–Crippen MR) is 140 cm³/mol. The molecular weight excluding hydrogens is 440 g/mol. The predicted octanol–water partition coefficient (Wildman–Crippen LogP) is 4.71. The number of para-hydroxylation sites is 2. The van der Waals surface area contributed by atoms with E-state index in [9.17, 15) is 10.2 Å². The number of ether oxygens (including phenoxy) is 1. The largest absolute Gasteiger partial charge is 0.506 e. The monoisotopic (exact) mass is 474 g/mol. The molecule has 0 bridgehead atoms. The Morgan fingerprint density at radius 2 is 1.83 bits per heavy atom. The van der Waals surface area contributed by atoms with Crippen LogP contribution in [0.5, 0.6) is 11.5 Å². The molecule has 0 fully saturated rings. The third kappa shape index (κ3) is 6.53. The van der Waals surface area contributed by atoms with E-state index in [1.165, 1.54) is 0 Å². The van der Waals surface area contributed by atoms with Crippen LogP contribution in [0.1, 0.15) is 30.6 Å². The average Bonchev–Trinajstić information content (AvgIpc) is 3.30. The Kier molecular flexibility index (Phi) is 8.23. The molecule has 4 N–H and O–H groups in total. The minimum atomic E-state index is -0.665. The molecule has 0 aliphatic heterocycles. The van der Waals surface area contributed by atoms with Crippen molar-refractivity contribution in [3.63, 3.8) is 0 Å². The molecule has 7 nitrogen and oxygen atoms in total. The van der Waals surface area contributed by atoms with Gasteiger partial charge >= 0.3 is 0 Å². The van der Waals surface area contributed by atoms with Gasteiger partial charge in [-0.05, 0) is 66.4 Å². The van der Waals surface area contributed by atoms with Crippen LogP contribution in [-0.4, -0.2) is 40.0 Å². The average molecular weight is 475 g/mol. The summed E-state index contributed by atoms with van der Waals surface area (Å²) in [5.74, 6) is 1.41. The number of nitrogens with one attached hydrogen (secondary N) is 2. The summed E-state index contributed by atoms with van der Waals surface area (Å²) in [7, 11) is 1.64. The minimum absolute atomic E-state index is 0.156. The number of aliphatic hydroxyl groups is 1. The van der Waals surface area contributed by atoms with Crippen LogP contribution in [-0.2, 0) is 13.1 Å². The summed E-state index contributed by atoms with van der Waals surface area (Å²) in [6.45, 7) is 4.93. The minimum Gasteiger partial charge on any atom is -0.506 e. The van der Waals surface area contributed by atoms with E-state index >= 15 is 0 Å². The van der Waals surface area contributed by atoms with Crippen molar-refractivity contribution >= 4 is 16.7 Å². The fourth-order valence-electron chi connectivity index (χ4n) is 4.08. The van der Waals surface area contributed by atoms with E-state index in [0.717, 1.165) is 47.4 Å². The molecule has 184 valence electrons. The van der Waals surface area contributed by atoms with Gasteiger partial charge in [-0.25, -0.2) is 4.98 Å². The van der Waals surface area contributed by atoms with Gasteiger partial charge in [0.05, 0.1) is 36.3 Å². The Morgan fingerprint density at radius 3 is 2.63 bits per heavy atom. The summed E-state index contributed by atoms with van der Waals surface area (Å²) in [5.41, 5.74) is 4.60. The number of fused-ring (bicyclic) bond motifs is 1. The standard InChI is InChI=1S/C28H34N4O3/c1-20(13-14-32-19-31-24-5-3-4-6-26(24)32)16-29-18-28(34)22-9-12-27(33)25(15-22)30-17-21-7-10-23(35-2)11-8-21/h3-12,15,19-20,28-30,33-34H,13-14,16-18H2,1-2H3. The number of aliphatic hydroxyl groups excluding tert-OH is 1. The number of phenolic OH excluding ortho intramolecular Hbond substituents is 1. The van der Waals surface area contributed by atoms with Crippen molar-refractivity contribution in [2.24, 2.45) is 5.92 Å². The van der Waals surface area contributed by atoms with Crippen molar-refractivity contribution < 1.29 is 14.9 Å². The molecule has 1 aromatic heterocycles. The molecule has 1 heterocycles. The van der Waals surface area contributed by atoms with Gasteiger partial charge in [0.25, 0.3) is 0 Å². The van der Waals surface area contributed by atoms with Gasteiger partial charge in [0.1, 0.15) is 11.5 Å². The Balaban J connectivity index is 1.24. The molecule has 2 atom stereocenters. The molecule has 0 aliphatic rings. The lowest BCUT2D eigenvalue weighted by Gasteiger charge is -2.17. The number of anilines is 1. The number of phenols is 1. The summed E-state index contributed by atoms with van der Waals surface area (Å²) in [5, 5.41) is 27.6. The van der Waals surface area contributed by atoms with Crippen molar-refractivity contribution in [1.29, 1.82) is 0 Å². The molecule has 0 aliphatic carbocycles. The summed E-state index contributed by atoms with van der Waals surface area (Å²) in [4.78, 5) is 4.45. The highest BCUT2D eigenvalue weighted by molar-refractivity contribution is 5.74. The number of aromatic hydroxyl groups is 1. The summed E-state index contributed by atoms with van der Waals surface area (Å²) >= 11 is 0. The fourth-order valence-corrected chi connectivity index (χ4v) is 4.08. The first kappa shape index (κ1) is 24.6. The summed E-state index contributed by atoms with van der Waals surface area (Å²) < 4.78 is 7.38. The molecule has 4 aromatic rings. The molecule has 0 saturated heterocycles. The van der Waals surface area contributed by atoms with Gasteiger partial charge in [-0.2, -0.15) is 0 Å². The number of methoxy groups -OCH3 is 1. The Hall–Kier alpha value is -3.55. The summed E-state index contributed by atoms with van der Waals surface area (Å²) in [6, 6.07) is 21.1. The zero-order valence-corrected chi connectivity index (χ0v) is 20.3. The normalized spacial score (nSPS) is 13.0. The van der Waals surface area contributed by atoms with Gasteiger partial charge in [-0.15, -0.1) is 0 Å². The molecule has 35 heavy (non-hydrogen) atoms. The van der Waals surface area contributed by atoms with Crippen molar-refractivity contribution in [3.05, 3.63) is 84.2 Å². The number of benzene rings is 3. The first-order chi connectivity index (χ1) is 17.0. The van der Waals surface area contributed by atoms with E-state index in [2.05, 4.69) is 33.2 Å². The first-order valence-corrected chi connectivity index (χ1v) is 12.0. The maximum absolute atomic E-state index is 10.7. The van der Waals surface area contributed by atoms with Gasteiger partial charge in [0, 0.05) is 19.6 Å². The number of imidazole rings is 1. The van der Waals surface area contributed by atoms with Gasteiger partial charge in [0.15, 0.2) is 0 Å². The second-order valence-corrected chi connectivity index (χ2v) is 8.97. The van der Waals surface area contributed by atoms with Crippen LogP contribution < -0.4 is 15.4 Å². The molecule has 2 unspecified atom stereocenters. The van der Waals surface area contributed by atoms with Crippen molar-refractivity contribution in [3.8, 4) is 11.5 Å². The molecule has 4 rings (SSSR count). The third-order valence-electron chi connectivity index (χ3n) is 6.27. The summed E-state index contributed by atoms with van der Waals surface area (Å²) in [6.07, 6.45) is 2.25. The van der Waals surface area contributed by atoms with Crippen LogP contribution in [0.25, 0.3) is 11.0 Å². The van der Waals surface area contributed by atoms with Crippen LogP contribution in [0.3, 0.4) is 0 Å². The van der Waals surface area contributed by atoms with Gasteiger partial charge in [-0.1, -0.05) is 37.3 Å². The molecule has 0 radical (unpaired) electrons. The number of hydrogen-bond acceptors (Lipinski definition) is 6. The van der Waals surface area contributed by atoms with Crippen LogP contribution in [0.15, 0.2) is 73.1 Å². The van der Waals surface area contributed by atoms with E-state index in [4.69, 9.17) is 4.74 Å². The van der Waals surface area contributed by atoms with Crippen molar-refractivity contribution in [1.82, 2.24) is 14.9 Å². The van der Waals surface area contributed by atoms with Crippen LogP contribution >= 0.6 is 0 Å². The fraction of sp³-hybridized carbons (Fsp3) is 0.321. The van der Waals surface area contributed by atoms with Crippen LogP contribution in [0, 0.1) is 5.92 Å². The lowest BCUT2D eigenvalue weighted by atomic mass is 10.1. The second-order valence-electron chi connectivity index (χ2n) is 8.97. The highest BCUT2D eigenvalue weighted by Crippen LogP contribution is 2.28. The smallest absolute Gasteiger partial charge is 0.138 e. The molecule has 7 heteroatoms. The lowest BCUT2D eigenvalue weighted by molar-refractivity contribution is 0.172. The Labute approximate surface area is 206 Å². The third-order valence-corrected chi connectivity index (χ3v) is 6.27. The zero-order chi connectivity index (χ0) is 24.6. The van der Waals surface area contributed by atoms with Gasteiger partial charge < -0.3 is 30.2 Å². The SMILES string of the molecule is COc1ccc(CNc2cc(C(O)CNCC(C)CCn3cnc4ccccc43)ccc2O)cc1. The Bertz CT molecular complexity index is 1220. The van der Waals surface area contributed by atoms with Crippen LogP contribution in [0.4, 0.5) is 5.69 Å². The van der Waals surface area contributed by atoms with E-state index in [-0.39, 0.29) is 5.75 Å². The van der Waals surface area contributed by atoms with E-state index in [1.807, 2.05) is 48.8 Å². The molecule has 0 amide bonds. The highest BCUT2D eigenvalue weighted by Gasteiger charge is 2.12. The van der Waals surface area contributed by atoms with Gasteiger partial charge in [0.2, 0.25) is 0 Å². The maximum atomic E-state index is 10.7. The molecule has 0 saturated carbocycles. The lowest BCUT2D eigenvalue weighted by Crippen LogP contribution is -2.27. The number of aromatic nitrogens is 2. The number of hydrogen-bond donors (Lipinski definition) is 4. The van der Waals surface area contributed by atoms with Crippen LogP contribution in [0.2, 0.25) is 0 Å². The van der Waals surface area contributed by atoms with Crippen molar-refractivity contribution in [2.45, 2.75) is 32.5 Å². The highest BCUT2D eigenvalue weighted by atomic mass is 16.5. The molecular formula is C28H34N4O3.